The highest BCUT2D eigenvalue weighted by molar-refractivity contribution is 7.84. The van der Waals surface area contributed by atoms with Crippen LogP contribution in [0.4, 0.5) is 0 Å². The first-order valence-corrected chi connectivity index (χ1v) is 29.6. The molecule has 4 saturated heterocycles. The minimum absolute atomic E-state index is 0. The van der Waals surface area contributed by atoms with E-state index in [1.807, 2.05) is 0 Å². The van der Waals surface area contributed by atoms with Gasteiger partial charge in [0.05, 0.1) is 24.2 Å². The van der Waals surface area contributed by atoms with Crippen LogP contribution in [0.3, 0.4) is 0 Å². The molecule has 17 nitrogen and oxygen atoms in total. The second-order valence-corrected chi connectivity index (χ2v) is 31.9. The van der Waals surface area contributed by atoms with E-state index in [2.05, 4.69) is 228 Å². The van der Waals surface area contributed by atoms with Crippen molar-refractivity contribution in [3.05, 3.63) is 0 Å². The second-order valence-electron chi connectivity index (χ2n) is 20.4. The third kappa shape index (κ3) is 9.15. The lowest BCUT2D eigenvalue weighted by Crippen LogP contribution is -2.61. The molecule has 22 heteroatoms. The van der Waals surface area contributed by atoms with E-state index in [-0.39, 0.29) is 27.1 Å². The van der Waals surface area contributed by atoms with Crippen molar-refractivity contribution in [3.63, 3.8) is 0 Å². The van der Waals surface area contributed by atoms with Crippen LogP contribution in [0.25, 0.3) is 0 Å². The van der Waals surface area contributed by atoms with E-state index in [0.717, 1.165) is 50.3 Å². The molecule has 0 aromatic rings. The molecule has 0 saturated carbocycles. The molecule has 0 aromatic carbocycles. The van der Waals surface area contributed by atoms with Crippen molar-refractivity contribution >= 4 is 38.7 Å². The number of hydrogen-bond acceptors (Lipinski definition) is 17. The highest BCUT2D eigenvalue weighted by atomic mass is 31.3. The predicted octanol–water partition coefficient (Wildman–Crippen LogP) is 5.59. The van der Waals surface area contributed by atoms with Gasteiger partial charge in [-0.3, -0.25) is 58.8 Å². The molecule has 4 heterocycles. The molecule has 1 N–H and O–H groups in total. The quantitative estimate of drug-likeness (QED) is 0.142. The molecule has 8 atom stereocenters. The number of rotatable bonds is 16. The molecule has 4 aliphatic heterocycles. The lowest BCUT2D eigenvalue weighted by atomic mass is 10.1. The minimum Gasteiger partial charge on any atom is -0.870 e. The van der Waals surface area contributed by atoms with Crippen LogP contribution in [-0.2, 0) is 0 Å². The Balaban J connectivity index is 0.0000102. The molecule has 4 rings (SSSR count). The third-order valence-corrected chi connectivity index (χ3v) is 31.9. The van der Waals surface area contributed by atoms with Crippen molar-refractivity contribution < 1.29 is 5.48 Å². The van der Waals surface area contributed by atoms with E-state index in [1.54, 1.807) is 0 Å². The standard InChI is InChI=1S/C40H92N16P5.H2O/c1-45(2)33-25-29-57(37(33,49(9)10)50(11)12)41-61(42-58-30-26-34(46(3)4)38(58,51(13)14)52(15)16,43-59-31-27-35(47(5)6)39(59,53(17)18)54(19)20)44-60-32-28-36(48(7)8)40(60,55(21)22)56(23)24;/h33-36H,25-32H2,1-24H3;1H2/q+5;/p-1. The lowest BCUT2D eigenvalue weighted by Gasteiger charge is -2.42. The molecule has 0 spiro atoms. The van der Waals surface area contributed by atoms with Gasteiger partial charge in [0.25, 0.3) is 52.5 Å². The van der Waals surface area contributed by atoms with Crippen molar-refractivity contribution in [2.75, 3.05) is 194 Å². The number of nitrogens with zero attached hydrogens (tertiary/aromatic N) is 16. The highest BCUT2D eigenvalue weighted by Crippen LogP contribution is 2.82. The van der Waals surface area contributed by atoms with Crippen LogP contribution in [0.2, 0.25) is 0 Å². The van der Waals surface area contributed by atoms with Crippen molar-refractivity contribution in [1.82, 2.24) is 58.8 Å². The van der Waals surface area contributed by atoms with Crippen molar-refractivity contribution in [2.45, 2.75) is 71.5 Å². The first kappa shape index (κ1) is 56.6. The van der Waals surface area contributed by atoms with Crippen molar-refractivity contribution in [1.29, 1.82) is 0 Å². The first-order valence-electron chi connectivity index (χ1n) is 22.1. The smallest absolute Gasteiger partial charge is 0.655 e. The Bertz CT molecular complexity index is 1380. The van der Waals surface area contributed by atoms with Gasteiger partial charge in [0, 0.05) is 25.7 Å². The molecule has 0 amide bonds. The first-order chi connectivity index (χ1) is 28.1. The zero-order chi connectivity index (χ0) is 46.5. The fourth-order valence-corrected chi connectivity index (χ4v) is 33.2. The summed E-state index contributed by atoms with van der Waals surface area (Å²) in [6.45, 7) is 0. The summed E-state index contributed by atoms with van der Waals surface area (Å²) in [4.78, 5) is 29.7. The monoisotopic (exact) mass is 969 g/mol. The van der Waals surface area contributed by atoms with Gasteiger partial charge in [0.1, 0.15) is 42.7 Å². The van der Waals surface area contributed by atoms with Gasteiger partial charge in [-0.2, -0.15) is 0 Å². The summed E-state index contributed by atoms with van der Waals surface area (Å²) in [7, 11) is 47.2. The zero-order valence-corrected chi connectivity index (χ0v) is 48.3. The molecule has 0 radical (unpaired) electrons. The Hall–Kier alpha value is 0.310. The largest absolute Gasteiger partial charge is 0.870 e. The van der Waals surface area contributed by atoms with Crippen LogP contribution in [0, 0.1) is 0 Å². The summed E-state index contributed by atoms with van der Waals surface area (Å²) < 4.78 is 26.2. The molecule has 8 unspecified atom stereocenters. The summed E-state index contributed by atoms with van der Waals surface area (Å²) in [5.74, 6) is 0. The van der Waals surface area contributed by atoms with Gasteiger partial charge < -0.3 is 5.48 Å². The molecule has 4 aliphatic rings. The molecular weight excluding hydrogens is 875 g/mol. The Morgan fingerprint density at radius 1 is 0.306 bits per heavy atom. The van der Waals surface area contributed by atoms with Gasteiger partial charge in [-0.05, 0) is 169 Å². The average Bonchev–Trinajstić information content (AvgIpc) is 3.89. The molecule has 0 aliphatic carbocycles. The third-order valence-electron chi connectivity index (χ3n) is 14.4. The number of hydrogen-bond donors (Lipinski definition) is 0. The summed E-state index contributed by atoms with van der Waals surface area (Å²) in [5, 5.41) is -1.26. The maximum atomic E-state index is 6.55. The Morgan fingerprint density at radius 2 is 0.452 bits per heavy atom. The summed E-state index contributed by atoms with van der Waals surface area (Å²) in [5.41, 5.74) is 0. The predicted molar refractivity (Wildman–Crippen MR) is 275 cm³/mol. The summed E-state index contributed by atoms with van der Waals surface area (Å²) in [6, 6.07) is 1.18. The normalized spacial score (nSPS) is 29.9. The van der Waals surface area contributed by atoms with E-state index in [9.17, 15) is 0 Å². The van der Waals surface area contributed by atoms with E-state index < -0.39 is 38.7 Å². The van der Waals surface area contributed by atoms with E-state index in [0.29, 0.717) is 24.2 Å². The zero-order valence-electron chi connectivity index (χ0n) is 43.8. The summed E-state index contributed by atoms with van der Waals surface area (Å²) >= 11 is 0. The van der Waals surface area contributed by atoms with Gasteiger partial charge in [-0.25, -0.2) is 0 Å². The molecule has 4 fully saturated rings. The highest BCUT2D eigenvalue weighted by Gasteiger charge is 2.76. The topological polar surface area (TPSA) is 118 Å². The molecule has 360 valence electrons. The molecule has 62 heavy (non-hydrogen) atoms. The number of likely N-dealkylation sites (N-methyl/N-ethyl adjacent to an activating group) is 12. The van der Waals surface area contributed by atoms with Crippen LogP contribution in [0.15, 0.2) is 18.1 Å². The Kier molecular flexibility index (Phi) is 19.5. The van der Waals surface area contributed by atoms with Crippen molar-refractivity contribution in [3.8, 4) is 0 Å². The van der Waals surface area contributed by atoms with E-state index in [4.69, 9.17) is 18.1 Å². The van der Waals surface area contributed by atoms with Gasteiger partial charge in [-0.15, -0.1) is 0 Å². The van der Waals surface area contributed by atoms with Gasteiger partial charge >= 0.3 is 7.87 Å². The molecule has 0 aromatic heterocycles. The van der Waals surface area contributed by atoms with Crippen LogP contribution in [0.5, 0.6) is 0 Å². The van der Waals surface area contributed by atoms with Gasteiger partial charge in [0.2, 0.25) is 0 Å². The maximum absolute atomic E-state index is 6.55. The lowest BCUT2D eigenvalue weighted by molar-refractivity contribution is 0.0192. The fourth-order valence-electron chi connectivity index (χ4n) is 12.5. The minimum atomic E-state index is -3.23. The average molecular weight is 969 g/mol. The molecule has 0 bridgehead atoms. The molecular formula is C40H93N16OP5+4. The van der Waals surface area contributed by atoms with E-state index >= 15 is 0 Å². The maximum Gasteiger partial charge on any atom is 0.655 e. The van der Waals surface area contributed by atoms with Crippen LogP contribution in [-0.4, -0.2) is 304 Å². The Labute approximate surface area is 384 Å². The summed E-state index contributed by atoms with van der Waals surface area (Å²) in [6.07, 6.45) is 8.39. The van der Waals surface area contributed by atoms with Crippen molar-refractivity contribution in [2.24, 2.45) is 18.1 Å². The van der Waals surface area contributed by atoms with Gasteiger partial charge in [0.15, 0.2) is 0 Å². The second kappa shape index (κ2) is 21.3. The van der Waals surface area contributed by atoms with Crippen LogP contribution >= 0.6 is 38.7 Å². The Morgan fingerprint density at radius 3 is 0.565 bits per heavy atom. The SMILES string of the molecule is CN(C)C1CC[P+](=N[P+](N=[P+]2CCC(N(C)C)C2(N(C)C)N(C)C)(N=[P+]2CCC(N(C)C)C2(N(C)C)N(C)C)N=[P+]2CCC(N(C)C)C2(N(C)C)N(C)C)C1(N(C)C)N(C)C.[OH-]. The van der Waals surface area contributed by atoms with Crippen LogP contribution in [0.1, 0.15) is 25.7 Å². The van der Waals surface area contributed by atoms with E-state index in [1.165, 1.54) is 0 Å². The van der Waals surface area contributed by atoms with Gasteiger partial charge in [-0.1, -0.05) is 0 Å². The fraction of sp³-hybridized carbons (Fsp3) is 1.00. The van der Waals surface area contributed by atoms with Crippen LogP contribution < -0.4 is 0 Å².